The number of Topliss-reactive ketones (excluding diaryl/α,β-unsaturated/α-hetero) is 1. The van der Waals surface area contributed by atoms with E-state index in [0.29, 0.717) is 6.04 Å². The van der Waals surface area contributed by atoms with Gasteiger partial charge in [0.05, 0.1) is 12.6 Å². The number of fused-ring (bicyclic) bond motifs is 1. The molecule has 1 unspecified atom stereocenters. The number of likely N-dealkylation sites (N-methyl/N-ethyl adjacent to an activating group) is 1. The lowest BCUT2D eigenvalue weighted by Gasteiger charge is -2.24. The predicted octanol–water partition coefficient (Wildman–Crippen LogP) is 1.05. The average molecular weight is 250 g/mol. The summed E-state index contributed by atoms with van der Waals surface area (Å²) < 4.78 is 5.12. The molecule has 18 heavy (non-hydrogen) atoms. The summed E-state index contributed by atoms with van der Waals surface area (Å²) in [6.45, 7) is 8.44. The summed E-state index contributed by atoms with van der Waals surface area (Å²) in [5.74, 6) is 0.166. The summed E-state index contributed by atoms with van der Waals surface area (Å²) in [5.41, 5.74) is 2.14. The van der Waals surface area contributed by atoms with Crippen LogP contribution in [-0.4, -0.2) is 61.5 Å². The molecule has 0 aromatic carbocycles. The second-order valence-electron chi connectivity index (χ2n) is 4.90. The van der Waals surface area contributed by atoms with Gasteiger partial charge in [-0.15, -0.1) is 0 Å². The molecule has 0 aromatic heterocycles. The Labute approximate surface area is 109 Å². The molecular formula is C14H22N2O2. The van der Waals surface area contributed by atoms with Crippen LogP contribution in [0.15, 0.2) is 23.4 Å². The topological polar surface area (TPSA) is 32.5 Å². The SMILES string of the molecule is CCN(CCOC)CC1=CC(C(C)=O)=CC2CN12. The molecule has 0 saturated carbocycles. The number of ether oxygens (including phenoxy) is 1. The van der Waals surface area contributed by atoms with E-state index in [9.17, 15) is 4.79 Å². The highest BCUT2D eigenvalue weighted by molar-refractivity contribution is 5.96. The molecule has 2 aliphatic rings. The van der Waals surface area contributed by atoms with Crippen molar-refractivity contribution in [1.29, 1.82) is 0 Å². The first kappa shape index (κ1) is 13.3. The Hall–Kier alpha value is -1.13. The van der Waals surface area contributed by atoms with E-state index in [2.05, 4.69) is 22.8 Å². The number of ketones is 1. The van der Waals surface area contributed by atoms with E-state index in [1.54, 1.807) is 14.0 Å². The van der Waals surface area contributed by atoms with Crippen LogP contribution in [0.4, 0.5) is 0 Å². The first-order valence-electron chi connectivity index (χ1n) is 6.57. The fourth-order valence-electron chi connectivity index (χ4n) is 2.30. The van der Waals surface area contributed by atoms with E-state index in [0.717, 1.165) is 38.4 Å². The maximum absolute atomic E-state index is 11.5. The van der Waals surface area contributed by atoms with Crippen LogP contribution in [0.2, 0.25) is 0 Å². The molecule has 100 valence electrons. The Morgan fingerprint density at radius 1 is 1.61 bits per heavy atom. The van der Waals surface area contributed by atoms with Crippen molar-refractivity contribution in [1.82, 2.24) is 9.80 Å². The molecule has 1 fully saturated rings. The highest BCUT2D eigenvalue weighted by Gasteiger charge is 2.37. The molecule has 0 radical (unpaired) electrons. The third-order valence-corrected chi connectivity index (χ3v) is 3.56. The van der Waals surface area contributed by atoms with Gasteiger partial charge in [-0.3, -0.25) is 9.69 Å². The molecule has 0 aromatic rings. The molecule has 4 heteroatoms. The molecule has 2 rings (SSSR count). The molecule has 2 heterocycles. The number of rotatable bonds is 7. The summed E-state index contributed by atoms with van der Waals surface area (Å²) in [7, 11) is 1.73. The predicted molar refractivity (Wildman–Crippen MR) is 71.3 cm³/mol. The van der Waals surface area contributed by atoms with E-state index in [1.807, 2.05) is 6.08 Å². The Kier molecular flexibility index (Phi) is 4.19. The zero-order valence-corrected chi connectivity index (χ0v) is 11.5. The molecule has 0 amide bonds. The standard InChI is InChI=1S/C14H22N2O2/c1-4-15(5-6-18-3)9-13-7-12(11(2)17)8-14-10-16(13)14/h7-8,14H,4-6,9-10H2,1-3H3. The van der Waals surface area contributed by atoms with Gasteiger partial charge in [-0.1, -0.05) is 6.92 Å². The molecule has 1 saturated heterocycles. The van der Waals surface area contributed by atoms with Gasteiger partial charge in [0.15, 0.2) is 5.78 Å². The zero-order valence-electron chi connectivity index (χ0n) is 11.5. The fourth-order valence-corrected chi connectivity index (χ4v) is 2.30. The van der Waals surface area contributed by atoms with Gasteiger partial charge >= 0.3 is 0 Å². The summed E-state index contributed by atoms with van der Waals surface area (Å²) >= 11 is 0. The quantitative estimate of drug-likeness (QED) is 0.632. The largest absolute Gasteiger partial charge is 0.383 e. The van der Waals surface area contributed by atoms with E-state index in [4.69, 9.17) is 4.74 Å². The molecule has 0 spiro atoms. The number of hydrogen-bond donors (Lipinski definition) is 0. The van der Waals surface area contributed by atoms with Crippen molar-refractivity contribution in [2.45, 2.75) is 19.9 Å². The van der Waals surface area contributed by atoms with Crippen LogP contribution in [0.1, 0.15) is 13.8 Å². The average Bonchev–Trinajstić information content (AvgIpc) is 3.13. The van der Waals surface area contributed by atoms with E-state index in [1.165, 1.54) is 5.70 Å². The van der Waals surface area contributed by atoms with Crippen molar-refractivity contribution >= 4 is 5.78 Å². The Morgan fingerprint density at radius 2 is 2.39 bits per heavy atom. The smallest absolute Gasteiger partial charge is 0.159 e. The molecule has 0 aliphatic carbocycles. The van der Waals surface area contributed by atoms with E-state index in [-0.39, 0.29) is 5.78 Å². The monoisotopic (exact) mass is 250 g/mol. The number of allylic oxidation sites excluding steroid dienone is 2. The highest BCUT2D eigenvalue weighted by Crippen LogP contribution is 2.32. The number of carbonyl (C=O) groups is 1. The molecule has 2 aliphatic heterocycles. The van der Waals surface area contributed by atoms with Gasteiger partial charge in [0, 0.05) is 38.0 Å². The molecule has 0 N–H and O–H groups in total. The van der Waals surface area contributed by atoms with Gasteiger partial charge in [-0.25, -0.2) is 0 Å². The lowest BCUT2D eigenvalue weighted by molar-refractivity contribution is -0.113. The first-order chi connectivity index (χ1) is 8.65. The van der Waals surface area contributed by atoms with Gasteiger partial charge in [0.25, 0.3) is 0 Å². The van der Waals surface area contributed by atoms with Gasteiger partial charge in [0.2, 0.25) is 0 Å². The number of methoxy groups -OCH3 is 1. The van der Waals surface area contributed by atoms with Gasteiger partial charge in [0.1, 0.15) is 0 Å². The van der Waals surface area contributed by atoms with E-state index >= 15 is 0 Å². The van der Waals surface area contributed by atoms with Crippen molar-refractivity contribution in [2.24, 2.45) is 0 Å². The maximum Gasteiger partial charge on any atom is 0.159 e. The van der Waals surface area contributed by atoms with Crippen LogP contribution >= 0.6 is 0 Å². The summed E-state index contributed by atoms with van der Waals surface area (Å²) in [5, 5.41) is 0. The Bertz CT molecular complexity index is 387. The van der Waals surface area contributed by atoms with Crippen molar-refractivity contribution in [3.8, 4) is 0 Å². The second-order valence-corrected chi connectivity index (χ2v) is 4.90. The van der Waals surface area contributed by atoms with Crippen LogP contribution in [0.25, 0.3) is 0 Å². The zero-order chi connectivity index (χ0) is 13.1. The summed E-state index contributed by atoms with van der Waals surface area (Å²) in [6, 6.07) is 0.463. The van der Waals surface area contributed by atoms with Crippen molar-refractivity contribution < 1.29 is 9.53 Å². The lowest BCUT2D eigenvalue weighted by atomic mass is 10.1. The number of hydrogen-bond acceptors (Lipinski definition) is 4. The minimum absolute atomic E-state index is 0.166. The van der Waals surface area contributed by atoms with Gasteiger partial charge < -0.3 is 9.64 Å². The first-order valence-corrected chi connectivity index (χ1v) is 6.57. The lowest BCUT2D eigenvalue weighted by Crippen LogP contribution is -2.31. The molecule has 1 atom stereocenters. The number of carbonyl (C=O) groups excluding carboxylic acids is 1. The van der Waals surface area contributed by atoms with Crippen LogP contribution in [0.5, 0.6) is 0 Å². The molecular weight excluding hydrogens is 228 g/mol. The molecule has 4 nitrogen and oxygen atoms in total. The van der Waals surface area contributed by atoms with Crippen molar-refractivity contribution in [3.63, 3.8) is 0 Å². The van der Waals surface area contributed by atoms with Crippen LogP contribution in [-0.2, 0) is 9.53 Å². The van der Waals surface area contributed by atoms with Crippen LogP contribution < -0.4 is 0 Å². The Morgan fingerprint density at radius 3 is 3.00 bits per heavy atom. The third kappa shape index (κ3) is 3.00. The third-order valence-electron chi connectivity index (χ3n) is 3.56. The second kappa shape index (κ2) is 5.67. The van der Waals surface area contributed by atoms with Crippen molar-refractivity contribution in [2.75, 3.05) is 39.9 Å². The van der Waals surface area contributed by atoms with Crippen molar-refractivity contribution in [3.05, 3.63) is 23.4 Å². The minimum atomic E-state index is 0.166. The Balaban J connectivity index is 1.99. The summed E-state index contributed by atoms with van der Waals surface area (Å²) in [6.07, 6.45) is 4.12. The van der Waals surface area contributed by atoms with Crippen LogP contribution in [0, 0.1) is 0 Å². The van der Waals surface area contributed by atoms with E-state index < -0.39 is 0 Å². The number of nitrogens with zero attached hydrogens (tertiary/aromatic N) is 2. The highest BCUT2D eigenvalue weighted by atomic mass is 16.5. The van der Waals surface area contributed by atoms with Crippen LogP contribution in [0.3, 0.4) is 0 Å². The summed E-state index contributed by atoms with van der Waals surface area (Å²) in [4.78, 5) is 16.2. The molecule has 0 bridgehead atoms. The maximum atomic E-state index is 11.5. The fraction of sp³-hybridized carbons (Fsp3) is 0.643. The minimum Gasteiger partial charge on any atom is -0.383 e. The normalized spacial score (nSPS) is 21.6. The van der Waals surface area contributed by atoms with Gasteiger partial charge in [-0.05, 0) is 25.6 Å². The van der Waals surface area contributed by atoms with Gasteiger partial charge in [-0.2, -0.15) is 0 Å².